The van der Waals surface area contributed by atoms with E-state index in [2.05, 4.69) is 11.9 Å². The van der Waals surface area contributed by atoms with E-state index >= 15 is 0 Å². The Morgan fingerprint density at radius 2 is 1.78 bits per heavy atom. The van der Waals surface area contributed by atoms with Crippen LogP contribution in [-0.4, -0.2) is 36.3 Å². The van der Waals surface area contributed by atoms with E-state index in [9.17, 15) is 9.59 Å². The van der Waals surface area contributed by atoms with Gasteiger partial charge in [-0.15, -0.1) is 6.58 Å². The summed E-state index contributed by atoms with van der Waals surface area (Å²) in [5.74, 6) is -0.289. The van der Waals surface area contributed by atoms with Gasteiger partial charge in [0.05, 0.1) is 0 Å². The van der Waals surface area contributed by atoms with E-state index in [-0.39, 0.29) is 11.8 Å². The highest BCUT2D eigenvalue weighted by Crippen LogP contribution is 2.21. The van der Waals surface area contributed by atoms with Gasteiger partial charge < -0.3 is 10.2 Å². The fraction of sp³-hybridized carbons (Fsp3) is 0.714. The van der Waals surface area contributed by atoms with Crippen LogP contribution >= 0.6 is 0 Å². The first-order valence-electron chi connectivity index (χ1n) is 6.68. The van der Waals surface area contributed by atoms with Crippen molar-refractivity contribution in [3.63, 3.8) is 0 Å². The Bertz CT molecular complexity index is 316. The number of nitrogens with zero attached hydrogens (tertiary/aromatic N) is 1. The van der Waals surface area contributed by atoms with E-state index in [1.807, 2.05) is 4.90 Å². The third-order valence-corrected chi connectivity index (χ3v) is 3.40. The summed E-state index contributed by atoms with van der Waals surface area (Å²) in [4.78, 5) is 26.2. The number of rotatable bonds is 4. The number of likely N-dealkylation sites (tertiary alicyclic amines) is 1. The molecule has 0 spiro atoms. The zero-order valence-corrected chi connectivity index (χ0v) is 11.5. The monoisotopic (exact) mass is 252 g/mol. The Morgan fingerprint density at radius 3 is 2.28 bits per heavy atom. The summed E-state index contributed by atoms with van der Waals surface area (Å²) in [5.41, 5.74) is -0.993. The van der Waals surface area contributed by atoms with E-state index < -0.39 is 5.41 Å². The van der Waals surface area contributed by atoms with Crippen LogP contribution in [0, 0.1) is 5.41 Å². The van der Waals surface area contributed by atoms with E-state index in [0.717, 1.165) is 25.9 Å². The van der Waals surface area contributed by atoms with Crippen LogP contribution in [0.5, 0.6) is 0 Å². The van der Waals surface area contributed by atoms with Crippen molar-refractivity contribution in [2.24, 2.45) is 5.41 Å². The molecule has 0 bridgehead atoms. The average Bonchev–Trinajstić information content (AvgIpc) is 2.63. The molecule has 102 valence electrons. The second kappa shape index (κ2) is 6.57. The van der Waals surface area contributed by atoms with Gasteiger partial charge in [0.1, 0.15) is 5.41 Å². The molecular formula is C14H24N2O2. The molecule has 1 heterocycles. The van der Waals surface area contributed by atoms with Crippen LogP contribution in [0.15, 0.2) is 12.7 Å². The van der Waals surface area contributed by atoms with Crippen LogP contribution in [0.2, 0.25) is 0 Å². The van der Waals surface area contributed by atoms with Gasteiger partial charge in [-0.1, -0.05) is 18.9 Å². The van der Waals surface area contributed by atoms with Crippen LogP contribution in [0.25, 0.3) is 0 Å². The Labute approximate surface area is 109 Å². The lowest BCUT2D eigenvalue weighted by Crippen LogP contribution is -2.49. The van der Waals surface area contributed by atoms with Crippen LogP contribution < -0.4 is 5.32 Å². The van der Waals surface area contributed by atoms with Crippen molar-refractivity contribution in [2.45, 2.75) is 39.5 Å². The van der Waals surface area contributed by atoms with Gasteiger partial charge in [-0.25, -0.2) is 0 Å². The molecule has 1 saturated heterocycles. The molecule has 2 amide bonds. The minimum absolute atomic E-state index is 0.0639. The number of carbonyl (C=O) groups is 2. The van der Waals surface area contributed by atoms with Crippen molar-refractivity contribution in [1.82, 2.24) is 10.2 Å². The molecule has 0 aromatic rings. The average molecular weight is 252 g/mol. The molecule has 1 aliphatic rings. The predicted molar refractivity (Wildman–Crippen MR) is 72.0 cm³/mol. The first-order valence-corrected chi connectivity index (χ1v) is 6.68. The Morgan fingerprint density at radius 1 is 1.22 bits per heavy atom. The second-order valence-electron chi connectivity index (χ2n) is 5.33. The molecule has 0 atom stereocenters. The first-order chi connectivity index (χ1) is 8.50. The third kappa shape index (κ3) is 3.59. The van der Waals surface area contributed by atoms with Crippen molar-refractivity contribution < 1.29 is 9.59 Å². The molecule has 1 rings (SSSR count). The summed E-state index contributed by atoms with van der Waals surface area (Å²) >= 11 is 0. The maximum Gasteiger partial charge on any atom is 0.237 e. The second-order valence-corrected chi connectivity index (χ2v) is 5.33. The Kier molecular flexibility index (Phi) is 5.38. The summed E-state index contributed by atoms with van der Waals surface area (Å²) in [5, 5.41) is 2.70. The van der Waals surface area contributed by atoms with E-state index in [0.29, 0.717) is 6.54 Å². The summed E-state index contributed by atoms with van der Waals surface area (Å²) in [6.45, 7) is 8.89. The minimum atomic E-state index is -0.993. The zero-order chi connectivity index (χ0) is 13.6. The summed E-state index contributed by atoms with van der Waals surface area (Å²) in [6, 6.07) is 0. The molecule has 4 nitrogen and oxygen atoms in total. The fourth-order valence-electron chi connectivity index (χ4n) is 2.15. The SMILES string of the molecule is C=CCNC(=O)C(C)(C)C(=O)N1CCCCCC1. The molecule has 4 heteroatoms. The van der Waals surface area contributed by atoms with E-state index in [1.165, 1.54) is 12.8 Å². The van der Waals surface area contributed by atoms with Gasteiger partial charge in [-0.05, 0) is 26.7 Å². The highest BCUT2D eigenvalue weighted by atomic mass is 16.2. The normalized spacial score (nSPS) is 16.9. The van der Waals surface area contributed by atoms with Crippen molar-refractivity contribution in [1.29, 1.82) is 0 Å². The lowest BCUT2D eigenvalue weighted by molar-refractivity contribution is -0.148. The molecule has 1 fully saturated rings. The highest BCUT2D eigenvalue weighted by molar-refractivity contribution is 6.04. The van der Waals surface area contributed by atoms with Crippen molar-refractivity contribution in [3.8, 4) is 0 Å². The molecule has 0 aromatic carbocycles. The van der Waals surface area contributed by atoms with Crippen molar-refractivity contribution in [2.75, 3.05) is 19.6 Å². The quantitative estimate of drug-likeness (QED) is 0.612. The van der Waals surface area contributed by atoms with Gasteiger partial charge in [0, 0.05) is 19.6 Å². The number of hydrogen-bond acceptors (Lipinski definition) is 2. The fourth-order valence-corrected chi connectivity index (χ4v) is 2.15. The molecule has 0 saturated carbocycles. The summed E-state index contributed by atoms with van der Waals surface area (Å²) < 4.78 is 0. The lowest BCUT2D eigenvalue weighted by atomic mass is 9.90. The van der Waals surface area contributed by atoms with Gasteiger partial charge in [-0.3, -0.25) is 9.59 Å². The molecule has 0 aromatic heterocycles. The standard InChI is InChI=1S/C14H24N2O2/c1-4-9-15-12(17)14(2,3)13(18)16-10-7-5-6-8-11-16/h4H,1,5-11H2,2-3H3,(H,15,17). The van der Waals surface area contributed by atoms with Gasteiger partial charge >= 0.3 is 0 Å². The predicted octanol–water partition coefficient (Wildman–Crippen LogP) is 1.72. The number of amides is 2. The summed E-state index contributed by atoms with van der Waals surface area (Å²) in [6.07, 6.45) is 6.04. The minimum Gasteiger partial charge on any atom is -0.352 e. The Balaban J connectivity index is 2.66. The van der Waals surface area contributed by atoms with Crippen LogP contribution in [0.1, 0.15) is 39.5 Å². The van der Waals surface area contributed by atoms with E-state index in [1.54, 1.807) is 19.9 Å². The smallest absolute Gasteiger partial charge is 0.237 e. The molecule has 1 aliphatic heterocycles. The van der Waals surface area contributed by atoms with Crippen molar-refractivity contribution >= 4 is 11.8 Å². The molecule has 18 heavy (non-hydrogen) atoms. The highest BCUT2D eigenvalue weighted by Gasteiger charge is 2.38. The zero-order valence-electron chi connectivity index (χ0n) is 11.5. The number of hydrogen-bond donors (Lipinski definition) is 1. The van der Waals surface area contributed by atoms with Crippen LogP contribution in [0.3, 0.4) is 0 Å². The lowest BCUT2D eigenvalue weighted by Gasteiger charge is -2.30. The number of carbonyl (C=O) groups excluding carboxylic acids is 2. The van der Waals surface area contributed by atoms with Gasteiger partial charge in [-0.2, -0.15) is 0 Å². The van der Waals surface area contributed by atoms with Crippen LogP contribution in [-0.2, 0) is 9.59 Å². The molecule has 0 aliphatic carbocycles. The Hall–Kier alpha value is -1.32. The largest absolute Gasteiger partial charge is 0.352 e. The molecule has 1 N–H and O–H groups in total. The van der Waals surface area contributed by atoms with Gasteiger partial charge in [0.2, 0.25) is 11.8 Å². The topological polar surface area (TPSA) is 49.4 Å². The summed E-state index contributed by atoms with van der Waals surface area (Å²) in [7, 11) is 0. The maximum atomic E-state index is 12.4. The number of nitrogens with one attached hydrogen (secondary N) is 1. The molecular weight excluding hydrogens is 228 g/mol. The first kappa shape index (κ1) is 14.7. The van der Waals surface area contributed by atoms with Gasteiger partial charge in [0.15, 0.2) is 0 Å². The third-order valence-electron chi connectivity index (χ3n) is 3.40. The van der Waals surface area contributed by atoms with Crippen LogP contribution in [0.4, 0.5) is 0 Å². The van der Waals surface area contributed by atoms with E-state index in [4.69, 9.17) is 0 Å². The maximum absolute atomic E-state index is 12.4. The molecule has 0 unspecified atom stereocenters. The molecule has 0 radical (unpaired) electrons. The van der Waals surface area contributed by atoms with Gasteiger partial charge in [0.25, 0.3) is 0 Å². The van der Waals surface area contributed by atoms with Crippen molar-refractivity contribution in [3.05, 3.63) is 12.7 Å².